The minimum absolute atomic E-state index is 0.0148. The van der Waals surface area contributed by atoms with Crippen molar-refractivity contribution < 1.29 is 5.11 Å². The fraction of sp³-hybridized carbons (Fsp3) is 0.600. The van der Waals surface area contributed by atoms with Crippen LogP contribution < -0.4 is 0 Å². The van der Waals surface area contributed by atoms with Crippen molar-refractivity contribution in [1.29, 1.82) is 0 Å². The fourth-order valence-corrected chi connectivity index (χ4v) is 2.83. The molecule has 0 spiro atoms. The molecule has 1 aromatic heterocycles. The molecule has 4 nitrogen and oxygen atoms in total. The third-order valence-corrected chi connectivity index (χ3v) is 3.61. The molecule has 1 fully saturated rings. The predicted molar refractivity (Wildman–Crippen MR) is 60.7 cm³/mol. The van der Waals surface area contributed by atoms with Crippen molar-refractivity contribution in [2.24, 2.45) is 0 Å². The van der Waals surface area contributed by atoms with Crippen LogP contribution in [0.1, 0.15) is 17.6 Å². The molecule has 2 heterocycles. The smallest absolute Gasteiger partial charge is 0.146 e. The second-order valence-electron chi connectivity index (χ2n) is 3.64. The first-order valence-corrected chi connectivity index (χ1v) is 6.17. The van der Waals surface area contributed by atoms with E-state index in [0.717, 1.165) is 18.1 Å². The molecular weight excluding hydrogens is 210 g/mol. The van der Waals surface area contributed by atoms with Crippen LogP contribution in [0.5, 0.6) is 0 Å². The molecule has 0 saturated carbocycles. The number of nitrogens with zero attached hydrogens (tertiary/aromatic N) is 3. The Labute approximate surface area is 93.7 Å². The quantitative estimate of drug-likeness (QED) is 0.802. The van der Waals surface area contributed by atoms with Gasteiger partial charge in [-0.3, -0.25) is 4.90 Å². The molecule has 1 aliphatic heterocycles. The van der Waals surface area contributed by atoms with Crippen LogP contribution in [0.25, 0.3) is 0 Å². The predicted octanol–water partition coefficient (Wildman–Crippen LogP) is 0.689. The van der Waals surface area contributed by atoms with E-state index in [1.54, 1.807) is 12.3 Å². The molecule has 5 heteroatoms. The van der Waals surface area contributed by atoms with E-state index < -0.39 is 0 Å². The Kier molecular flexibility index (Phi) is 3.56. The van der Waals surface area contributed by atoms with Gasteiger partial charge < -0.3 is 5.11 Å². The van der Waals surface area contributed by atoms with Gasteiger partial charge in [0.15, 0.2) is 0 Å². The second-order valence-corrected chi connectivity index (χ2v) is 4.79. The Morgan fingerprint density at radius 2 is 2.53 bits per heavy atom. The molecule has 0 radical (unpaired) electrons. The zero-order valence-corrected chi connectivity index (χ0v) is 9.57. The van der Waals surface area contributed by atoms with Crippen molar-refractivity contribution in [1.82, 2.24) is 14.9 Å². The van der Waals surface area contributed by atoms with Crippen molar-refractivity contribution in [3.05, 3.63) is 23.8 Å². The average molecular weight is 225 g/mol. The van der Waals surface area contributed by atoms with Crippen LogP contribution in [-0.4, -0.2) is 45.1 Å². The molecule has 15 heavy (non-hydrogen) atoms. The standard InChI is InChI=1S/C10H15N3OS/c1-13-4-5-15-7-9(13)10-11-3-2-8(6-14)12-10/h2-3,9,14H,4-7H2,1H3. The van der Waals surface area contributed by atoms with Gasteiger partial charge in [-0.15, -0.1) is 0 Å². The highest BCUT2D eigenvalue weighted by Crippen LogP contribution is 2.25. The summed E-state index contributed by atoms with van der Waals surface area (Å²) in [6, 6.07) is 2.04. The molecule has 1 aliphatic rings. The first kappa shape index (κ1) is 10.9. The molecule has 0 bridgehead atoms. The van der Waals surface area contributed by atoms with Crippen LogP contribution in [0.15, 0.2) is 12.3 Å². The zero-order valence-electron chi connectivity index (χ0n) is 8.76. The molecular formula is C10H15N3OS. The maximum absolute atomic E-state index is 9.02. The topological polar surface area (TPSA) is 49.2 Å². The Hall–Kier alpha value is -0.650. The van der Waals surface area contributed by atoms with Crippen molar-refractivity contribution in [3.8, 4) is 0 Å². The maximum Gasteiger partial charge on any atom is 0.146 e. The fourth-order valence-electron chi connectivity index (χ4n) is 1.62. The lowest BCUT2D eigenvalue weighted by Gasteiger charge is -2.30. The highest BCUT2D eigenvalue weighted by molar-refractivity contribution is 7.99. The van der Waals surface area contributed by atoms with Crippen molar-refractivity contribution in [2.45, 2.75) is 12.6 Å². The molecule has 2 rings (SSSR count). The number of thioether (sulfide) groups is 1. The first-order valence-electron chi connectivity index (χ1n) is 5.02. The number of aliphatic hydroxyl groups is 1. The normalized spacial score (nSPS) is 22.9. The van der Waals surface area contributed by atoms with Gasteiger partial charge in [0.1, 0.15) is 5.82 Å². The summed E-state index contributed by atoms with van der Waals surface area (Å²) in [6.07, 6.45) is 1.72. The van der Waals surface area contributed by atoms with Gasteiger partial charge in [-0.2, -0.15) is 11.8 Å². The van der Waals surface area contributed by atoms with E-state index in [1.807, 2.05) is 11.8 Å². The summed E-state index contributed by atoms with van der Waals surface area (Å²) in [4.78, 5) is 10.9. The third kappa shape index (κ3) is 2.48. The molecule has 82 valence electrons. The lowest BCUT2D eigenvalue weighted by molar-refractivity contribution is 0.256. The van der Waals surface area contributed by atoms with Crippen molar-refractivity contribution in [2.75, 3.05) is 25.1 Å². The van der Waals surface area contributed by atoms with E-state index in [0.29, 0.717) is 5.69 Å². The molecule has 0 amide bonds. The van der Waals surface area contributed by atoms with E-state index in [-0.39, 0.29) is 12.6 Å². The Balaban J connectivity index is 2.19. The Bertz CT molecular complexity index is 334. The molecule has 1 N–H and O–H groups in total. The zero-order chi connectivity index (χ0) is 10.7. The minimum Gasteiger partial charge on any atom is -0.390 e. The van der Waals surface area contributed by atoms with Crippen molar-refractivity contribution >= 4 is 11.8 Å². The SMILES string of the molecule is CN1CCSCC1c1nccc(CO)n1. The number of aliphatic hydroxyl groups excluding tert-OH is 1. The van der Waals surface area contributed by atoms with E-state index in [4.69, 9.17) is 5.11 Å². The maximum atomic E-state index is 9.02. The summed E-state index contributed by atoms with van der Waals surface area (Å²) in [5.41, 5.74) is 0.698. The van der Waals surface area contributed by atoms with Crippen LogP contribution in [-0.2, 0) is 6.61 Å². The summed E-state index contributed by atoms with van der Waals surface area (Å²) < 4.78 is 0. The summed E-state index contributed by atoms with van der Waals surface area (Å²) in [5, 5.41) is 9.02. The largest absolute Gasteiger partial charge is 0.390 e. The highest BCUT2D eigenvalue weighted by Gasteiger charge is 2.23. The van der Waals surface area contributed by atoms with Gasteiger partial charge in [-0.05, 0) is 13.1 Å². The van der Waals surface area contributed by atoms with Crippen LogP contribution in [0.4, 0.5) is 0 Å². The Morgan fingerprint density at radius 1 is 1.67 bits per heavy atom. The number of hydrogen-bond donors (Lipinski definition) is 1. The van der Waals surface area contributed by atoms with Crippen LogP contribution in [0.2, 0.25) is 0 Å². The van der Waals surface area contributed by atoms with E-state index in [2.05, 4.69) is 21.9 Å². The van der Waals surface area contributed by atoms with Crippen LogP contribution in [0.3, 0.4) is 0 Å². The molecule has 1 aromatic rings. The molecule has 0 aromatic carbocycles. The number of aromatic nitrogens is 2. The van der Waals surface area contributed by atoms with E-state index in [1.165, 1.54) is 5.75 Å². The highest BCUT2D eigenvalue weighted by atomic mass is 32.2. The minimum atomic E-state index is -0.0148. The van der Waals surface area contributed by atoms with Gasteiger partial charge in [0, 0.05) is 24.2 Å². The summed E-state index contributed by atoms with van der Waals surface area (Å²) >= 11 is 1.93. The average Bonchev–Trinajstić information content (AvgIpc) is 2.30. The lowest BCUT2D eigenvalue weighted by Crippen LogP contribution is -2.33. The third-order valence-electron chi connectivity index (χ3n) is 2.59. The molecule has 1 atom stereocenters. The summed E-state index contributed by atoms with van der Waals surface area (Å²) in [6.45, 7) is 1.06. The summed E-state index contributed by atoms with van der Waals surface area (Å²) in [7, 11) is 2.10. The van der Waals surface area contributed by atoms with Crippen LogP contribution >= 0.6 is 11.8 Å². The van der Waals surface area contributed by atoms with Gasteiger partial charge in [0.25, 0.3) is 0 Å². The van der Waals surface area contributed by atoms with Gasteiger partial charge >= 0.3 is 0 Å². The van der Waals surface area contributed by atoms with E-state index in [9.17, 15) is 0 Å². The lowest BCUT2D eigenvalue weighted by atomic mass is 10.2. The van der Waals surface area contributed by atoms with E-state index >= 15 is 0 Å². The van der Waals surface area contributed by atoms with Gasteiger partial charge in [0.05, 0.1) is 18.3 Å². The first-order chi connectivity index (χ1) is 7.31. The molecule has 1 saturated heterocycles. The van der Waals surface area contributed by atoms with Gasteiger partial charge in [-0.1, -0.05) is 0 Å². The molecule has 0 aliphatic carbocycles. The second kappa shape index (κ2) is 4.92. The molecule has 1 unspecified atom stereocenters. The van der Waals surface area contributed by atoms with Gasteiger partial charge in [0.2, 0.25) is 0 Å². The summed E-state index contributed by atoms with van der Waals surface area (Å²) in [5.74, 6) is 3.04. The number of rotatable bonds is 2. The monoisotopic (exact) mass is 225 g/mol. The number of hydrogen-bond acceptors (Lipinski definition) is 5. The van der Waals surface area contributed by atoms with Crippen molar-refractivity contribution in [3.63, 3.8) is 0 Å². The van der Waals surface area contributed by atoms with Gasteiger partial charge in [-0.25, -0.2) is 9.97 Å². The van der Waals surface area contributed by atoms with Crippen LogP contribution in [0, 0.1) is 0 Å². The Morgan fingerprint density at radius 3 is 3.27 bits per heavy atom.